The molecule has 0 fully saturated rings. The molecule has 2 N–H and O–H groups in total. The van der Waals surface area contributed by atoms with Gasteiger partial charge in [0.2, 0.25) is 0 Å². The average molecular weight is 359 g/mol. The van der Waals surface area contributed by atoms with Gasteiger partial charge in [0.25, 0.3) is 0 Å². The first-order valence-corrected chi connectivity index (χ1v) is 7.42. The molecule has 0 bridgehead atoms. The molecular formula is C15H14BrCl2N. The van der Waals surface area contributed by atoms with Gasteiger partial charge in [0.1, 0.15) is 0 Å². The van der Waals surface area contributed by atoms with Gasteiger partial charge in [-0.25, -0.2) is 0 Å². The molecule has 2 aromatic carbocycles. The van der Waals surface area contributed by atoms with Crippen LogP contribution in [0.15, 0.2) is 34.8 Å². The van der Waals surface area contributed by atoms with Gasteiger partial charge in [-0.05, 0) is 70.2 Å². The van der Waals surface area contributed by atoms with E-state index in [1.807, 2.05) is 44.2 Å². The van der Waals surface area contributed by atoms with E-state index in [0.29, 0.717) is 5.02 Å². The second kappa shape index (κ2) is 5.84. The fourth-order valence-electron chi connectivity index (χ4n) is 2.02. The third kappa shape index (κ3) is 3.14. The summed E-state index contributed by atoms with van der Waals surface area (Å²) < 4.78 is 0.870. The van der Waals surface area contributed by atoms with Crippen LogP contribution < -0.4 is 5.73 Å². The Kier molecular flexibility index (Phi) is 4.57. The number of aryl methyl sites for hydroxylation is 2. The molecule has 0 aliphatic heterocycles. The summed E-state index contributed by atoms with van der Waals surface area (Å²) in [5.41, 5.74) is 10.5. The van der Waals surface area contributed by atoms with E-state index >= 15 is 0 Å². The zero-order valence-electron chi connectivity index (χ0n) is 10.7. The minimum Gasteiger partial charge on any atom is -0.320 e. The maximum absolute atomic E-state index is 6.34. The highest BCUT2D eigenvalue weighted by Gasteiger charge is 2.14. The summed E-state index contributed by atoms with van der Waals surface area (Å²) in [5.74, 6) is 0. The van der Waals surface area contributed by atoms with Gasteiger partial charge in [0.15, 0.2) is 0 Å². The second-order valence-corrected chi connectivity index (χ2v) is 6.28. The molecule has 4 heteroatoms. The Morgan fingerprint density at radius 3 is 2.32 bits per heavy atom. The van der Waals surface area contributed by atoms with E-state index in [2.05, 4.69) is 15.9 Å². The SMILES string of the molecule is Cc1cc(C(N)c2ccc(Br)c(Cl)c2)c(C)cc1Cl. The van der Waals surface area contributed by atoms with Gasteiger partial charge in [-0.15, -0.1) is 0 Å². The van der Waals surface area contributed by atoms with E-state index < -0.39 is 0 Å². The van der Waals surface area contributed by atoms with Crippen molar-refractivity contribution in [3.63, 3.8) is 0 Å². The second-order valence-electron chi connectivity index (χ2n) is 4.61. The summed E-state index contributed by atoms with van der Waals surface area (Å²) in [6.07, 6.45) is 0. The van der Waals surface area contributed by atoms with E-state index in [1.54, 1.807) is 0 Å². The van der Waals surface area contributed by atoms with Gasteiger partial charge < -0.3 is 5.73 Å². The first-order chi connectivity index (χ1) is 8.90. The lowest BCUT2D eigenvalue weighted by Gasteiger charge is -2.17. The zero-order chi connectivity index (χ0) is 14.2. The van der Waals surface area contributed by atoms with E-state index in [-0.39, 0.29) is 6.04 Å². The van der Waals surface area contributed by atoms with Gasteiger partial charge in [0.05, 0.1) is 11.1 Å². The number of hydrogen-bond donors (Lipinski definition) is 1. The van der Waals surface area contributed by atoms with E-state index in [1.165, 1.54) is 0 Å². The summed E-state index contributed by atoms with van der Waals surface area (Å²) in [6.45, 7) is 3.99. The lowest BCUT2D eigenvalue weighted by atomic mass is 9.94. The van der Waals surface area contributed by atoms with Crippen molar-refractivity contribution in [2.75, 3.05) is 0 Å². The van der Waals surface area contributed by atoms with Crippen LogP contribution in [0.25, 0.3) is 0 Å². The predicted molar refractivity (Wildman–Crippen MR) is 86.1 cm³/mol. The van der Waals surface area contributed by atoms with E-state index in [0.717, 1.165) is 31.7 Å². The van der Waals surface area contributed by atoms with Gasteiger partial charge in [-0.2, -0.15) is 0 Å². The van der Waals surface area contributed by atoms with Crippen LogP contribution >= 0.6 is 39.1 Å². The number of benzene rings is 2. The number of nitrogens with two attached hydrogens (primary N) is 1. The lowest BCUT2D eigenvalue weighted by Crippen LogP contribution is -2.13. The average Bonchev–Trinajstić information content (AvgIpc) is 2.36. The van der Waals surface area contributed by atoms with Crippen LogP contribution in [-0.4, -0.2) is 0 Å². The van der Waals surface area contributed by atoms with Crippen LogP contribution in [0.3, 0.4) is 0 Å². The minimum atomic E-state index is -0.207. The topological polar surface area (TPSA) is 26.0 Å². The van der Waals surface area contributed by atoms with Crippen LogP contribution in [0, 0.1) is 13.8 Å². The summed E-state index contributed by atoms with van der Waals surface area (Å²) in [4.78, 5) is 0. The quantitative estimate of drug-likeness (QED) is 0.761. The summed E-state index contributed by atoms with van der Waals surface area (Å²) in [5, 5.41) is 1.43. The van der Waals surface area contributed by atoms with Crippen molar-refractivity contribution in [2.24, 2.45) is 5.73 Å². The first kappa shape index (κ1) is 14.9. The number of rotatable bonds is 2. The molecule has 2 rings (SSSR count). The van der Waals surface area contributed by atoms with Crippen molar-refractivity contribution in [2.45, 2.75) is 19.9 Å². The molecule has 0 aliphatic rings. The van der Waals surface area contributed by atoms with Crippen molar-refractivity contribution in [3.8, 4) is 0 Å². The molecule has 1 unspecified atom stereocenters. The van der Waals surface area contributed by atoms with Crippen LogP contribution in [0.2, 0.25) is 10.0 Å². The highest BCUT2D eigenvalue weighted by Crippen LogP contribution is 2.31. The van der Waals surface area contributed by atoms with Crippen molar-refractivity contribution >= 4 is 39.1 Å². The molecule has 0 spiro atoms. The van der Waals surface area contributed by atoms with Crippen molar-refractivity contribution < 1.29 is 0 Å². The molecule has 0 saturated heterocycles. The van der Waals surface area contributed by atoms with Gasteiger partial charge in [0, 0.05) is 9.50 Å². The fourth-order valence-corrected chi connectivity index (χ4v) is 2.68. The minimum absolute atomic E-state index is 0.207. The molecule has 19 heavy (non-hydrogen) atoms. The normalized spacial score (nSPS) is 12.5. The van der Waals surface area contributed by atoms with Crippen LogP contribution in [0.5, 0.6) is 0 Å². The Morgan fingerprint density at radius 2 is 1.68 bits per heavy atom. The zero-order valence-corrected chi connectivity index (χ0v) is 13.8. The maximum Gasteiger partial charge on any atom is 0.0554 e. The standard InChI is InChI=1S/C15H14BrCl2N/c1-8-6-13(17)9(2)5-11(8)15(19)10-3-4-12(16)14(18)7-10/h3-7,15H,19H2,1-2H3. The van der Waals surface area contributed by atoms with Gasteiger partial charge in [-0.1, -0.05) is 35.3 Å². The molecule has 100 valence electrons. The lowest BCUT2D eigenvalue weighted by molar-refractivity contribution is 0.859. The molecule has 0 aliphatic carbocycles. The Labute approximate surface area is 131 Å². The highest BCUT2D eigenvalue weighted by atomic mass is 79.9. The Hall–Kier alpha value is -0.540. The first-order valence-electron chi connectivity index (χ1n) is 5.87. The predicted octanol–water partition coefficient (Wildman–Crippen LogP) is 5.42. The number of hydrogen-bond acceptors (Lipinski definition) is 1. The van der Waals surface area contributed by atoms with Crippen molar-refractivity contribution in [3.05, 3.63) is 67.1 Å². The molecule has 0 radical (unpaired) electrons. The molecule has 0 saturated carbocycles. The summed E-state index contributed by atoms with van der Waals surface area (Å²) >= 11 is 15.6. The maximum atomic E-state index is 6.34. The van der Waals surface area contributed by atoms with E-state index in [9.17, 15) is 0 Å². The van der Waals surface area contributed by atoms with Crippen LogP contribution in [0.4, 0.5) is 0 Å². The molecule has 1 nitrogen and oxygen atoms in total. The molecule has 0 aromatic heterocycles. The molecule has 0 amide bonds. The largest absolute Gasteiger partial charge is 0.320 e. The fraction of sp³-hybridized carbons (Fsp3) is 0.200. The van der Waals surface area contributed by atoms with Crippen LogP contribution in [0.1, 0.15) is 28.3 Å². The molecule has 2 aromatic rings. The number of halogens is 3. The highest BCUT2D eigenvalue weighted by molar-refractivity contribution is 9.10. The molecule has 1 atom stereocenters. The molecular weight excluding hydrogens is 345 g/mol. The molecule has 0 heterocycles. The summed E-state index contributed by atoms with van der Waals surface area (Å²) in [7, 11) is 0. The van der Waals surface area contributed by atoms with E-state index in [4.69, 9.17) is 28.9 Å². The van der Waals surface area contributed by atoms with Crippen molar-refractivity contribution in [1.29, 1.82) is 0 Å². The summed E-state index contributed by atoms with van der Waals surface area (Å²) in [6, 6.07) is 9.56. The Balaban J connectivity index is 2.46. The van der Waals surface area contributed by atoms with Gasteiger partial charge in [-0.3, -0.25) is 0 Å². The third-order valence-corrected chi connectivity index (χ3v) is 4.82. The van der Waals surface area contributed by atoms with Gasteiger partial charge >= 0.3 is 0 Å². The van der Waals surface area contributed by atoms with Crippen molar-refractivity contribution in [1.82, 2.24) is 0 Å². The third-order valence-electron chi connectivity index (χ3n) is 3.19. The smallest absolute Gasteiger partial charge is 0.0554 e. The monoisotopic (exact) mass is 357 g/mol. The Morgan fingerprint density at radius 1 is 1.00 bits per heavy atom. The van der Waals surface area contributed by atoms with Crippen LogP contribution in [-0.2, 0) is 0 Å². The Bertz CT molecular complexity index is 626.